The number of carboxylic acid groups (broad SMARTS) is 1. The Labute approximate surface area is 177 Å². The zero-order valence-corrected chi connectivity index (χ0v) is 16.9. The molecule has 0 spiro atoms. The number of ether oxygens (including phenoxy) is 2. The molecule has 0 fully saturated rings. The van der Waals surface area contributed by atoms with Crippen molar-refractivity contribution in [1.29, 1.82) is 5.41 Å². The number of ketones is 1. The first-order valence-corrected chi connectivity index (χ1v) is 9.54. The highest BCUT2D eigenvalue weighted by atomic mass is 16.5. The van der Waals surface area contributed by atoms with E-state index in [2.05, 4.69) is 10.6 Å². The summed E-state index contributed by atoms with van der Waals surface area (Å²) < 4.78 is 11.1. The van der Waals surface area contributed by atoms with Crippen molar-refractivity contribution in [3.8, 4) is 11.5 Å². The molecule has 0 saturated heterocycles. The number of carbonyl (C=O) groups excluding carboxylic acids is 2. The molecule has 31 heavy (non-hydrogen) atoms. The predicted octanol–water partition coefficient (Wildman–Crippen LogP) is 2.14. The number of carbonyl (C=O) groups is 3. The highest BCUT2D eigenvalue weighted by Gasteiger charge is 2.39. The number of amides is 1. The molecule has 10 heteroatoms. The largest absolute Gasteiger partial charge is 0.490 e. The maximum Gasteiger partial charge on any atom is 0.330 e. The van der Waals surface area contributed by atoms with Crippen molar-refractivity contribution in [1.82, 2.24) is 0 Å². The molecule has 2 aromatic carbocycles. The maximum absolute atomic E-state index is 12.5. The molecule has 1 unspecified atom stereocenters. The topological polar surface area (TPSA) is 164 Å². The average molecular weight is 426 g/mol. The number of rotatable bonds is 9. The third kappa shape index (κ3) is 4.13. The van der Waals surface area contributed by atoms with Crippen LogP contribution in [0.1, 0.15) is 41.4 Å². The van der Waals surface area contributed by atoms with Gasteiger partial charge in [0.15, 0.2) is 17.5 Å². The van der Waals surface area contributed by atoms with Gasteiger partial charge in [-0.25, -0.2) is 4.79 Å². The number of nitrogen functional groups attached to an aromatic ring is 1. The molecule has 6 N–H and O–H groups in total. The molecule has 3 rings (SSSR count). The standard InChI is InChI=1S/C21H22N4O6/c1-3-30-13-9-12(15-14(18(13)31-4-2)17(26)20(27)25-15)16(21(28)29)24-11-7-5-10(6-8-11)19(22)23/h5-9,16,24H,3-4H2,1-2H3,(H3,22,23)(H,28,29)(H,25,26,27). The van der Waals surface area contributed by atoms with Crippen LogP contribution in [0.4, 0.5) is 11.4 Å². The van der Waals surface area contributed by atoms with Gasteiger partial charge in [0.1, 0.15) is 5.84 Å². The Hall–Kier alpha value is -4.08. The highest BCUT2D eigenvalue weighted by molar-refractivity contribution is 6.52. The van der Waals surface area contributed by atoms with E-state index in [-0.39, 0.29) is 47.4 Å². The van der Waals surface area contributed by atoms with E-state index >= 15 is 0 Å². The molecular weight excluding hydrogens is 404 g/mol. The van der Waals surface area contributed by atoms with Crippen molar-refractivity contribution in [2.45, 2.75) is 19.9 Å². The van der Waals surface area contributed by atoms with Gasteiger partial charge in [0.2, 0.25) is 0 Å². The van der Waals surface area contributed by atoms with Crippen LogP contribution in [0.25, 0.3) is 0 Å². The fourth-order valence-corrected chi connectivity index (χ4v) is 3.26. The lowest BCUT2D eigenvalue weighted by atomic mass is 9.98. The Morgan fingerprint density at radius 1 is 1.19 bits per heavy atom. The van der Waals surface area contributed by atoms with Crippen LogP contribution in [0.5, 0.6) is 11.5 Å². The molecule has 1 atom stereocenters. The van der Waals surface area contributed by atoms with Gasteiger partial charge in [-0.05, 0) is 44.2 Å². The maximum atomic E-state index is 12.5. The van der Waals surface area contributed by atoms with Crippen LogP contribution < -0.4 is 25.8 Å². The zero-order chi connectivity index (χ0) is 22.7. The van der Waals surface area contributed by atoms with E-state index in [0.29, 0.717) is 11.3 Å². The van der Waals surface area contributed by atoms with Crippen LogP contribution >= 0.6 is 0 Å². The summed E-state index contributed by atoms with van der Waals surface area (Å²) in [4.78, 5) is 36.7. The number of hydrogen-bond acceptors (Lipinski definition) is 7. The molecule has 0 aromatic heterocycles. The molecule has 0 saturated carbocycles. The second-order valence-electron chi connectivity index (χ2n) is 6.60. The van der Waals surface area contributed by atoms with Crippen LogP contribution in [0, 0.1) is 5.41 Å². The second-order valence-corrected chi connectivity index (χ2v) is 6.60. The molecule has 1 heterocycles. The minimum absolute atomic E-state index is 0.0484. The number of nitrogens with two attached hydrogens (primary N) is 1. The van der Waals surface area contributed by atoms with Gasteiger partial charge in [-0.3, -0.25) is 15.0 Å². The van der Waals surface area contributed by atoms with Gasteiger partial charge in [-0.2, -0.15) is 0 Å². The Bertz CT molecular complexity index is 1060. The van der Waals surface area contributed by atoms with Gasteiger partial charge in [-0.1, -0.05) is 0 Å². The molecule has 1 aliphatic rings. The lowest BCUT2D eigenvalue weighted by Crippen LogP contribution is -2.22. The van der Waals surface area contributed by atoms with Gasteiger partial charge in [0.05, 0.1) is 24.5 Å². The summed E-state index contributed by atoms with van der Waals surface area (Å²) in [6, 6.07) is 6.43. The summed E-state index contributed by atoms with van der Waals surface area (Å²) in [5.74, 6) is -2.78. The van der Waals surface area contributed by atoms with E-state index in [9.17, 15) is 19.5 Å². The summed E-state index contributed by atoms with van der Waals surface area (Å²) in [6.07, 6.45) is 0. The molecule has 1 amide bonds. The van der Waals surface area contributed by atoms with Crippen LogP contribution in [0.3, 0.4) is 0 Å². The summed E-state index contributed by atoms with van der Waals surface area (Å²) in [6.45, 7) is 3.91. The average Bonchev–Trinajstić information content (AvgIpc) is 3.03. The summed E-state index contributed by atoms with van der Waals surface area (Å²) in [5, 5.41) is 22.7. The number of anilines is 2. The van der Waals surface area contributed by atoms with E-state index < -0.39 is 23.7 Å². The van der Waals surface area contributed by atoms with Crippen molar-refractivity contribution in [3.63, 3.8) is 0 Å². The smallest absolute Gasteiger partial charge is 0.330 e. The first-order valence-electron chi connectivity index (χ1n) is 9.54. The molecular formula is C21H22N4O6. The minimum atomic E-state index is -1.32. The number of fused-ring (bicyclic) bond motifs is 1. The number of carboxylic acids is 1. The van der Waals surface area contributed by atoms with Crippen molar-refractivity contribution in [2.75, 3.05) is 23.8 Å². The molecule has 10 nitrogen and oxygen atoms in total. The van der Waals surface area contributed by atoms with E-state index in [4.69, 9.17) is 20.6 Å². The first-order chi connectivity index (χ1) is 14.8. The number of Topliss-reactive ketones (excluding diaryl/α,β-unsaturated/α-hetero) is 1. The number of benzene rings is 2. The van der Waals surface area contributed by atoms with E-state index in [1.807, 2.05) is 0 Å². The van der Waals surface area contributed by atoms with Crippen molar-refractivity contribution >= 4 is 34.9 Å². The second kappa shape index (κ2) is 8.74. The summed E-state index contributed by atoms with van der Waals surface area (Å²) in [7, 11) is 0. The number of hydrogen-bond donors (Lipinski definition) is 5. The van der Waals surface area contributed by atoms with E-state index in [1.54, 1.807) is 38.1 Å². The van der Waals surface area contributed by atoms with Gasteiger partial charge < -0.3 is 30.9 Å². The molecule has 2 aromatic rings. The van der Waals surface area contributed by atoms with Gasteiger partial charge in [0.25, 0.3) is 11.7 Å². The normalized spacial score (nSPS) is 13.2. The van der Waals surface area contributed by atoms with Crippen LogP contribution in [-0.4, -0.2) is 41.8 Å². The van der Waals surface area contributed by atoms with Crippen LogP contribution in [0.2, 0.25) is 0 Å². The number of nitrogens with one attached hydrogen (secondary N) is 3. The Morgan fingerprint density at radius 3 is 2.39 bits per heavy atom. The molecule has 1 aliphatic heterocycles. The van der Waals surface area contributed by atoms with Crippen molar-refractivity contribution in [3.05, 3.63) is 47.0 Å². The highest BCUT2D eigenvalue weighted by Crippen LogP contribution is 2.45. The molecule has 0 bridgehead atoms. The first kappa shape index (κ1) is 21.6. The predicted molar refractivity (Wildman–Crippen MR) is 113 cm³/mol. The lowest BCUT2D eigenvalue weighted by Gasteiger charge is -2.22. The third-order valence-corrected chi connectivity index (χ3v) is 4.60. The molecule has 0 aliphatic carbocycles. The minimum Gasteiger partial charge on any atom is -0.490 e. The van der Waals surface area contributed by atoms with Crippen molar-refractivity contribution in [2.24, 2.45) is 5.73 Å². The van der Waals surface area contributed by atoms with Gasteiger partial charge >= 0.3 is 5.97 Å². The molecule has 0 radical (unpaired) electrons. The number of amidine groups is 1. The van der Waals surface area contributed by atoms with E-state index in [1.165, 1.54) is 6.07 Å². The lowest BCUT2D eigenvalue weighted by molar-refractivity contribution is -0.138. The van der Waals surface area contributed by atoms with Gasteiger partial charge in [-0.15, -0.1) is 0 Å². The Balaban J connectivity index is 2.12. The Morgan fingerprint density at radius 2 is 1.84 bits per heavy atom. The van der Waals surface area contributed by atoms with Crippen LogP contribution in [-0.2, 0) is 9.59 Å². The quantitative estimate of drug-likeness (QED) is 0.231. The van der Waals surface area contributed by atoms with Gasteiger partial charge in [0, 0.05) is 16.8 Å². The Kier molecular flexibility index (Phi) is 6.10. The van der Waals surface area contributed by atoms with Crippen LogP contribution in [0.15, 0.2) is 30.3 Å². The summed E-state index contributed by atoms with van der Waals surface area (Å²) in [5.41, 5.74) is 6.53. The zero-order valence-electron chi connectivity index (χ0n) is 16.9. The fraction of sp³-hybridized carbons (Fsp3) is 0.238. The SMILES string of the molecule is CCOc1cc(C(Nc2ccc(C(=N)N)cc2)C(=O)O)c2c(c1OCC)C(=O)C(=O)N2. The number of aliphatic carboxylic acids is 1. The molecule has 162 valence electrons. The fourth-order valence-electron chi connectivity index (χ4n) is 3.26. The monoisotopic (exact) mass is 426 g/mol. The van der Waals surface area contributed by atoms with Crippen molar-refractivity contribution < 1.29 is 29.0 Å². The third-order valence-electron chi connectivity index (χ3n) is 4.60. The summed E-state index contributed by atoms with van der Waals surface area (Å²) >= 11 is 0. The van der Waals surface area contributed by atoms with E-state index in [0.717, 1.165) is 0 Å².